The van der Waals surface area contributed by atoms with Gasteiger partial charge in [-0.3, -0.25) is 4.79 Å². The van der Waals surface area contributed by atoms with Gasteiger partial charge in [0.15, 0.2) is 0 Å². The number of nitrogens with zero attached hydrogens (tertiary/aromatic N) is 3. The zero-order chi connectivity index (χ0) is 11.5. The highest BCUT2D eigenvalue weighted by Crippen LogP contribution is 2.20. The molecule has 0 bridgehead atoms. The number of hydrogen-bond acceptors (Lipinski definition) is 4. The van der Waals surface area contributed by atoms with Gasteiger partial charge in [-0.1, -0.05) is 0 Å². The highest BCUT2D eigenvalue weighted by atomic mass is 16.5. The molecule has 0 saturated carbocycles. The number of aromatic nitrogens is 3. The summed E-state index contributed by atoms with van der Waals surface area (Å²) < 4.78 is 7.06. The molecule has 0 spiro atoms. The van der Waals surface area contributed by atoms with Crippen LogP contribution < -0.4 is 0 Å². The lowest BCUT2D eigenvalue weighted by Gasteiger charge is -2.17. The van der Waals surface area contributed by atoms with Crippen LogP contribution >= 0.6 is 0 Å². The van der Waals surface area contributed by atoms with Crippen LogP contribution in [0.15, 0.2) is 0 Å². The summed E-state index contributed by atoms with van der Waals surface area (Å²) in [6.45, 7) is 4.96. The molecule has 1 atom stereocenters. The third kappa shape index (κ3) is 1.94. The van der Waals surface area contributed by atoms with E-state index in [9.17, 15) is 4.79 Å². The zero-order valence-electron chi connectivity index (χ0n) is 9.77. The van der Waals surface area contributed by atoms with Crippen molar-refractivity contribution in [3.8, 4) is 0 Å². The molecule has 0 N–H and O–H groups in total. The van der Waals surface area contributed by atoms with E-state index in [4.69, 9.17) is 4.74 Å². The first-order valence-corrected chi connectivity index (χ1v) is 5.82. The number of hydrogen-bond donors (Lipinski definition) is 0. The molecule has 1 aromatic heterocycles. The standard InChI is InChI=1S/C11H17N3O2/c1-3-16-11(15)8(2)10-13-12-9-6-4-5-7-14(9)10/h8H,3-7H2,1-2H3. The predicted molar refractivity (Wildman–Crippen MR) is 58.0 cm³/mol. The minimum absolute atomic E-state index is 0.219. The van der Waals surface area contributed by atoms with Crippen LogP contribution in [0, 0.1) is 0 Å². The third-order valence-electron chi connectivity index (χ3n) is 2.92. The summed E-state index contributed by atoms with van der Waals surface area (Å²) in [4.78, 5) is 11.6. The number of ether oxygens (including phenoxy) is 1. The summed E-state index contributed by atoms with van der Waals surface area (Å²) in [7, 11) is 0. The predicted octanol–water partition coefficient (Wildman–Crippen LogP) is 1.28. The molecule has 1 aromatic rings. The molecule has 5 nitrogen and oxygen atoms in total. The Hall–Kier alpha value is -1.39. The lowest BCUT2D eigenvalue weighted by atomic mass is 10.1. The van der Waals surface area contributed by atoms with Gasteiger partial charge in [-0.05, 0) is 26.7 Å². The van der Waals surface area contributed by atoms with E-state index in [0.717, 1.165) is 37.5 Å². The molecule has 5 heteroatoms. The Morgan fingerprint density at radius 2 is 2.31 bits per heavy atom. The molecule has 0 aliphatic carbocycles. The fourth-order valence-corrected chi connectivity index (χ4v) is 2.02. The Kier molecular flexibility index (Phi) is 3.22. The molecule has 0 radical (unpaired) electrons. The second-order valence-electron chi connectivity index (χ2n) is 4.06. The van der Waals surface area contributed by atoms with Crippen LogP contribution in [0.1, 0.15) is 44.3 Å². The summed E-state index contributed by atoms with van der Waals surface area (Å²) in [5, 5.41) is 8.24. The van der Waals surface area contributed by atoms with Crippen LogP contribution in [0.4, 0.5) is 0 Å². The van der Waals surface area contributed by atoms with E-state index >= 15 is 0 Å². The van der Waals surface area contributed by atoms with Crippen molar-refractivity contribution in [1.29, 1.82) is 0 Å². The minimum atomic E-state index is -0.320. The normalized spacial score (nSPS) is 16.6. The second-order valence-corrected chi connectivity index (χ2v) is 4.06. The van der Waals surface area contributed by atoms with Crippen LogP contribution in [0.3, 0.4) is 0 Å². The van der Waals surface area contributed by atoms with Crippen molar-refractivity contribution >= 4 is 5.97 Å². The Morgan fingerprint density at radius 1 is 1.50 bits per heavy atom. The number of esters is 1. The minimum Gasteiger partial charge on any atom is -0.465 e. The molecule has 1 aliphatic rings. The van der Waals surface area contributed by atoms with E-state index in [1.807, 2.05) is 13.8 Å². The summed E-state index contributed by atoms with van der Waals surface area (Å²) >= 11 is 0. The fraction of sp³-hybridized carbons (Fsp3) is 0.727. The van der Waals surface area contributed by atoms with E-state index in [1.54, 1.807) is 0 Å². The molecular weight excluding hydrogens is 206 g/mol. The Bertz CT molecular complexity index is 387. The molecule has 1 aliphatic heterocycles. The van der Waals surface area contributed by atoms with Gasteiger partial charge in [0.25, 0.3) is 0 Å². The van der Waals surface area contributed by atoms with Crippen molar-refractivity contribution in [3.05, 3.63) is 11.6 Å². The van der Waals surface area contributed by atoms with Gasteiger partial charge < -0.3 is 9.30 Å². The number of fused-ring (bicyclic) bond motifs is 1. The molecule has 1 unspecified atom stereocenters. The quantitative estimate of drug-likeness (QED) is 0.724. The Labute approximate surface area is 94.8 Å². The maximum Gasteiger partial charge on any atom is 0.316 e. The lowest BCUT2D eigenvalue weighted by Crippen LogP contribution is -2.20. The summed E-state index contributed by atoms with van der Waals surface area (Å²) in [6, 6.07) is 0. The van der Waals surface area contributed by atoms with Gasteiger partial charge in [0.1, 0.15) is 17.6 Å². The van der Waals surface area contributed by atoms with E-state index in [0.29, 0.717) is 6.61 Å². The smallest absolute Gasteiger partial charge is 0.316 e. The molecule has 0 saturated heterocycles. The average molecular weight is 223 g/mol. The number of carbonyl (C=O) groups is 1. The van der Waals surface area contributed by atoms with Gasteiger partial charge in [0.05, 0.1) is 6.61 Å². The van der Waals surface area contributed by atoms with Crippen molar-refractivity contribution in [1.82, 2.24) is 14.8 Å². The van der Waals surface area contributed by atoms with Crippen LogP contribution in [0.25, 0.3) is 0 Å². The van der Waals surface area contributed by atoms with Crippen molar-refractivity contribution in [3.63, 3.8) is 0 Å². The molecule has 0 amide bonds. The molecule has 0 aromatic carbocycles. The first kappa shape index (κ1) is 11.1. The van der Waals surface area contributed by atoms with Gasteiger partial charge >= 0.3 is 5.97 Å². The van der Waals surface area contributed by atoms with E-state index in [1.165, 1.54) is 0 Å². The summed E-state index contributed by atoms with van der Waals surface area (Å²) in [6.07, 6.45) is 3.25. The van der Waals surface area contributed by atoms with Gasteiger partial charge in [-0.15, -0.1) is 10.2 Å². The number of aryl methyl sites for hydroxylation is 1. The average Bonchev–Trinajstić information content (AvgIpc) is 2.72. The summed E-state index contributed by atoms with van der Waals surface area (Å²) in [5.74, 6) is 1.20. The van der Waals surface area contributed by atoms with Crippen molar-refractivity contribution in [2.75, 3.05) is 6.61 Å². The second kappa shape index (κ2) is 4.63. The highest BCUT2D eigenvalue weighted by molar-refractivity contribution is 5.76. The number of carbonyl (C=O) groups excluding carboxylic acids is 1. The maximum atomic E-state index is 11.6. The molecule has 2 rings (SSSR count). The summed E-state index contributed by atoms with van der Waals surface area (Å²) in [5.41, 5.74) is 0. The fourth-order valence-electron chi connectivity index (χ4n) is 2.02. The van der Waals surface area contributed by atoms with E-state index in [2.05, 4.69) is 14.8 Å². The van der Waals surface area contributed by atoms with E-state index in [-0.39, 0.29) is 11.9 Å². The van der Waals surface area contributed by atoms with Gasteiger partial charge in [-0.2, -0.15) is 0 Å². The van der Waals surface area contributed by atoms with Crippen LogP contribution in [-0.4, -0.2) is 27.3 Å². The van der Waals surface area contributed by atoms with Crippen molar-refractivity contribution in [2.45, 2.75) is 45.6 Å². The Balaban J connectivity index is 2.20. The Morgan fingerprint density at radius 3 is 3.06 bits per heavy atom. The molecule has 0 fully saturated rings. The van der Waals surface area contributed by atoms with E-state index < -0.39 is 0 Å². The molecule has 16 heavy (non-hydrogen) atoms. The number of rotatable bonds is 3. The maximum absolute atomic E-state index is 11.6. The lowest BCUT2D eigenvalue weighted by molar-refractivity contribution is -0.144. The van der Waals surface area contributed by atoms with Crippen LogP contribution in [0.5, 0.6) is 0 Å². The van der Waals surface area contributed by atoms with Crippen LogP contribution in [0.2, 0.25) is 0 Å². The van der Waals surface area contributed by atoms with Crippen molar-refractivity contribution < 1.29 is 9.53 Å². The zero-order valence-corrected chi connectivity index (χ0v) is 9.77. The molecule has 2 heterocycles. The largest absolute Gasteiger partial charge is 0.465 e. The first-order valence-electron chi connectivity index (χ1n) is 5.82. The van der Waals surface area contributed by atoms with Crippen molar-refractivity contribution in [2.24, 2.45) is 0 Å². The third-order valence-corrected chi connectivity index (χ3v) is 2.92. The van der Waals surface area contributed by atoms with Gasteiger partial charge in [-0.25, -0.2) is 0 Å². The molecular formula is C11H17N3O2. The first-order chi connectivity index (χ1) is 7.74. The molecule has 88 valence electrons. The monoisotopic (exact) mass is 223 g/mol. The van der Waals surface area contributed by atoms with Gasteiger partial charge in [0.2, 0.25) is 0 Å². The SMILES string of the molecule is CCOC(=O)C(C)c1nnc2n1CCCC2. The van der Waals surface area contributed by atoms with Crippen LogP contribution in [-0.2, 0) is 22.5 Å². The topological polar surface area (TPSA) is 57.0 Å². The van der Waals surface area contributed by atoms with Gasteiger partial charge in [0, 0.05) is 13.0 Å². The highest BCUT2D eigenvalue weighted by Gasteiger charge is 2.25.